The van der Waals surface area contributed by atoms with E-state index < -0.39 is 5.60 Å². The predicted molar refractivity (Wildman–Crippen MR) is 85.5 cm³/mol. The van der Waals surface area contributed by atoms with Crippen LogP contribution in [0, 0.1) is 25.2 Å². The largest absolute Gasteiger partial charge is 0.389 e. The van der Waals surface area contributed by atoms with E-state index in [4.69, 9.17) is 5.26 Å². The number of thiophene rings is 1. The molecule has 1 amide bonds. The highest BCUT2D eigenvalue weighted by molar-refractivity contribution is 7.16. The van der Waals surface area contributed by atoms with E-state index in [9.17, 15) is 9.90 Å². The molecule has 0 aliphatic heterocycles. The molecule has 1 aromatic rings. The molecule has 0 saturated heterocycles. The summed E-state index contributed by atoms with van der Waals surface area (Å²) in [4.78, 5) is 15.0. The number of carbonyl (C=O) groups excluding carboxylic acids is 1. The summed E-state index contributed by atoms with van der Waals surface area (Å²) in [5, 5.41) is 22.4. The van der Waals surface area contributed by atoms with E-state index in [0.717, 1.165) is 10.4 Å². The molecule has 0 saturated carbocycles. The van der Waals surface area contributed by atoms with Gasteiger partial charge in [-0.3, -0.25) is 9.69 Å². The summed E-state index contributed by atoms with van der Waals surface area (Å²) in [5.74, 6) is -0.168. The van der Waals surface area contributed by atoms with Crippen LogP contribution < -0.4 is 5.32 Å². The van der Waals surface area contributed by atoms with Crippen LogP contribution in [0.15, 0.2) is 0 Å². The van der Waals surface area contributed by atoms with Crippen molar-refractivity contribution in [1.82, 2.24) is 4.90 Å². The molecule has 0 bridgehead atoms. The van der Waals surface area contributed by atoms with Gasteiger partial charge in [0.1, 0.15) is 11.1 Å². The van der Waals surface area contributed by atoms with Gasteiger partial charge in [0.05, 0.1) is 17.7 Å². The summed E-state index contributed by atoms with van der Waals surface area (Å²) in [6.45, 7) is 10.5. The summed E-state index contributed by atoms with van der Waals surface area (Å²) in [6.07, 6.45) is 0. The summed E-state index contributed by atoms with van der Waals surface area (Å²) in [5.41, 5.74) is 0.613. The van der Waals surface area contributed by atoms with E-state index in [1.807, 2.05) is 25.7 Å². The monoisotopic (exact) mass is 309 g/mol. The lowest BCUT2D eigenvalue weighted by Crippen LogP contribution is -2.42. The molecular weight excluding hydrogens is 286 g/mol. The Morgan fingerprint density at radius 3 is 2.57 bits per heavy atom. The standard InChI is InChI=1S/C15H23N3O2S/c1-6-18(9-15(4,5)20)8-13(19)17-14-12(7-16)10(2)11(3)21-14/h20H,6,8-9H2,1-5H3,(H,17,19). The number of nitrogens with zero attached hydrogens (tertiary/aromatic N) is 2. The minimum atomic E-state index is -0.843. The third-order valence-electron chi connectivity index (χ3n) is 3.18. The molecule has 0 spiro atoms. The molecule has 0 unspecified atom stereocenters. The maximum absolute atomic E-state index is 12.1. The van der Waals surface area contributed by atoms with Gasteiger partial charge in [-0.05, 0) is 39.8 Å². The van der Waals surface area contributed by atoms with Crippen molar-refractivity contribution >= 4 is 22.2 Å². The number of aryl methyl sites for hydroxylation is 1. The van der Waals surface area contributed by atoms with E-state index in [1.54, 1.807) is 13.8 Å². The minimum Gasteiger partial charge on any atom is -0.389 e. The van der Waals surface area contributed by atoms with Gasteiger partial charge in [0, 0.05) is 11.4 Å². The maximum Gasteiger partial charge on any atom is 0.239 e. The van der Waals surface area contributed by atoms with Gasteiger partial charge in [-0.1, -0.05) is 6.92 Å². The Bertz CT molecular complexity index is 552. The number of hydrogen-bond donors (Lipinski definition) is 2. The number of hydrogen-bond acceptors (Lipinski definition) is 5. The Kier molecular flexibility index (Phi) is 5.90. The van der Waals surface area contributed by atoms with Crippen LogP contribution in [-0.4, -0.2) is 41.1 Å². The second-order valence-electron chi connectivity index (χ2n) is 5.76. The summed E-state index contributed by atoms with van der Waals surface area (Å²) in [7, 11) is 0. The van der Waals surface area contributed by atoms with Gasteiger partial charge in [0.15, 0.2) is 0 Å². The predicted octanol–water partition coefficient (Wildman–Crippen LogP) is 2.27. The van der Waals surface area contributed by atoms with Crippen molar-refractivity contribution in [2.75, 3.05) is 25.0 Å². The smallest absolute Gasteiger partial charge is 0.239 e. The Morgan fingerprint density at radius 2 is 2.10 bits per heavy atom. The quantitative estimate of drug-likeness (QED) is 0.845. The molecule has 1 heterocycles. The zero-order chi connectivity index (χ0) is 16.2. The third-order valence-corrected chi connectivity index (χ3v) is 4.30. The number of aliphatic hydroxyl groups is 1. The normalized spacial score (nSPS) is 11.5. The van der Waals surface area contributed by atoms with Crippen molar-refractivity contribution in [2.45, 2.75) is 40.2 Å². The van der Waals surface area contributed by atoms with Crippen LogP contribution in [0.3, 0.4) is 0 Å². The number of nitrogens with one attached hydrogen (secondary N) is 1. The Balaban J connectivity index is 2.74. The fraction of sp³-hybridized carbons (Fsp3) is 0.600. The van der Waals surface area contributed by atoms with E-state index in [-0.39, 0.29) is 12.5 Å². The van der Waals surface area contributed by atoms with Crippen LogP contribution >= 0.6 is 11.3 Å². The highest BCUT2D eigenvalue weighted by Crippen LogP contribution is 2.31. The fourth-order valence-corrected chi connectivity index (χ4v) is 3.07. The first-order valence-corrected chi connectivity index (χ1v) is 7.74. The van der Waals surface area contributed by atoms with Crippen LogP contribution in [0.25, 0.3) is 0 Å². The molecule has 0 aromatic carbocycles. The molecule has 116 valence electrons. The molecule has 21 heavy (non-hydrogen) atoms. The van der Waals surface area contributed by atoms with Gasteiger partial charge in [-0.2, -0.15) is 5.26 Å². The van der Waals surface area contributed by atoms with Gasteiger partial charge in [0.25, 0.3) is 0 Å². The zero-order valence-corrected chi connectivity index (χ0v) is 14.1. The number of likely N-dealkylation sites (N-methyl/N-ethyl adjacent to an activating group) is 1. The van der Waals surface area contributed by atoms with Crippen molar-refractivity contribution in [1.29, 1.82) is 5.26 Å². The first-order chi connectivity index (χ1) is 9.67. The van der Waals surface area contributed by atoms with Gasteiger partial charge >= 0.3 is 0 Å². The first-order valence-electron chi connectivity index (χ1n) is 6.92. The van der Waals surface area contributed by atoms with E-state index >= 15 is 0 Å². The van der Waals surface area contributed by atoms with Gasteiger partial charge in [-0.15, -0.1) is 11.3 Å². The molecule has 2 N–H and O–H groups in total. The average molecular weight is 309 g/mol. The molecule has 5 nitrogen and oxygen atoms in total. The molecule has 0 radical (unpaired) electrons. The summed E-state index contributed by atoms with van der Waals surface area (Å²) < 4.78 is 0. The Hall–Kier alpha value is -1.42. The zero-order valence-electron chi connectivity index (χ0n) is 13.3. The summed E-state index contributed by atoms with van der Waals surface area (Å²) >= 11 is 1.42. The second-order valence-corrected chi connectivity index (χ2v) is 6.99. The highest BCUT2D eigenvalue weighted by atomic mass is 32.1. The van der Waals surface area contributed by atoms with Gasteiger partial charge in [0.2, 0.25) is 5.91 Å². The van der Waals surface area contributed by atoms with Crippen molar-refractivity contribution in [3.05, 3.63) is 16.0 Å². The van der Waals surface area contributed by atoms with Crippen LogP contribution in [0.5, 0.6) is 0 Å². The number of nitriles is 1. The average Bonchev–Trinajstić information content (AvgIpc) is 2.61. The van der Waals surface area contributed by atoms with Crippen LogP contribution in [0.1, 0.15) is 36.8 Å². The fourth-order valence-electron chi connectivity index (χ4n) is 2.05. The van der Waals surface area contributed by atoms with E-state index in [0.29, 0.717) is 23.7 Å². The van der Waals surface area contributed by atoms with Crippen LogP contribution in [0.4, 0.5) is 5.00 Å². The lowest BCUT2D eigenvalue weighted by atomic mass is 10.1. The van der Waals surface area contributed by atoms with Crippen molar-refractivity contribution in [3.63, 3.8) is 0 Å². The molecular formula is C15H23N3O2S. The van der Waals surface area contributed by atoms with E-state index in [1.165, 1.54) is 11.3 Å². The van der Waals surface area contributed by atoms with Crippen LogP contribution in [0.2, 0.25) is 0 Å². The lowest BCUT2D eigenvalue weighted by Gasteiger charge is -2.27. The first kappa shape index (κ1) is 17.6. The van der Waals surface area contributed by atoms with E-state index in [2.05, 4.69) is 11.4 Å². The molecule has 0 aliphatic rings. The van der Waals surface area contributed by atoms with Gasteiger partial charge in [-0.25, -0.2) is 0 Å². The molecule has 0 aliphatic carbocycles. The van der Waals surface area contributed by atoms with Crippen molar-refractivity contribution in [3.8, 4) is 6.07 Å². The topological polar surface area (TPSA) is 76.4 Å². The maximum atomic E-state index is 12.1. The highest BCUT2D eigenvalue weighted by Gasteiger charge is 2.20. The lowest BCUT2D eigenvalue weighted by molar-refractivity contribution is -0.117. The third kappa shape index (κ3) is 5.12. The minimum absolute atomic E-state index is 0.168. The molecule has 6 heteroatoms. The molecule has 1 rings (SSSR count). The molecule has 1 aromatic heterocycles. The SMILES string of the molecule is CCN(CC(=O)Nc1sc(C)c(C)c1C#N)CC(C)(C)O. The van der Waals surface area contributed by atoms with Crippen molar-refractivity contribution in [2.24, 2.45) is 0 Å². The number of rotatable bonds is 6. The number of anilines is 1. The van der Waals surface area contributed by atoms with Crippen LogP contribution in [-0.2, 0) is 4.79 Å². The molecule has 0 atom stereocenters. The van der Waals surface area contributed by atoms with Crippen molar-refractivity contribution < 1.29 is 9.90 Å². The second kappa shape index (κ2) is 7.03. The Morgan fingerprint density at radius 1 is 1.48 bits per heavy atom. The Labute approximate surface area is 130 Å². The van der Waals surface area contributed by atoms with Gasteiger partial charge < -0.3 is 10.4 Å². The number of carbonyl (C=O) groups is 1. The molecule has 0 fully saturated rings. The summed E-state index contributed by atoms with van der Waals surface area (Å²) in [6, 6.07) is 2.14. The number of amides is 1.